The molecular formula is C12H15F3N2O3. The number of nitrogens with zero attached hydrogens (tertiary/aromatic N) is 1. The smallest absolute Gasteiger partial charge is 0.394 e. The second-order valence-electron chi connectivity index (χ2n) is 4.24. The van der Waals surface area contributed by atoms with Crippen molar-refractivity contribution in [2.24, 2.45) is 0 Å². The van der Waals surface area contributed by atoms with Crippen LogP contribution in [0.2, 0.25) is 0 Å². The van der Waals surface area contributed by atoms with Crippen LogP contribution in [0.3, 0.4) is 0 Å². The maximum atomic E-state index is 12.5. The van der Waals surface area contributed by atoms with Gasteiger partial charge in [-0.1, -0.05) is 6.92 Å². The molecule has 0 aromatic carbocycles. The Hall–Kier alpha value is -1.83. The maximum absolute atomic E-state index is 12.5. The number of pyridine rings is 1. The van der Waals surface area contributed by atoms with E-state index in [0.29, 0.717) is 23.3 Å². The third-order valence-electron chi connectivity index (χ3n) is 2.70. The number of hydrogen-bond acceptors (Lipinski definition) is 3. The summed E-state index contributed by atoms with van der Waals surface area (Å²) in [6.07, 6.45) is -3.51. The van der Waals surface area contributed by atoms with E-state index < -0.39 is 35.8 Å². The molecule has 0 aliphatic heterocycles. The van der Waals surface area contributed by atoms with Crippen molar-refractivity contribution in [1.29, 1.82) is 0 Å². The molecule has 8 heteroatoms. The summed E-state index contributed by atoms with van der Waals surface area (Å²) >= 11 is 0. The van der Waals surface area contributed by atoms with Gasteiger partial charge in [0, 0.05) is 12.3 Å². The lowest BCUT2D eigenvalue weighted by Crippen LogP contribution is -2.40. The van der Waals surface area contributed by atoms with E-state index in [0.717, 1.165) is 6.07 Å². The highest BCUT2D eigenvalue weighted by Crippen LogP contribution is 2.27. The molecule has 20 heavy (non-hydrogen) atoms. The van der Waals surface area contributed by atoms with Crippen molar-refractivity contribution in [3.63, 3.8) is 0 Å². The Labute approximate surface area is 113 Å². The van der Waals surface area contributed by atoms with Crippen LogP contribution >= 0.6 is 0 Å². The van der Waals surface area contributed by atoms with Gasteiger partial charge in [-0.3, -0.25) is 9.59 Å². The summed E-state index contributed by atoms with van der Waals surface area (Å²) in [5.41, 5.74) is -1.70. The third kappa shape index (κ3) is 4.37. The molecule has 112 valence electrons. The topological polar surface area (TPSA) is 71.3 Å². The largest absolute Gasteiger partial charge is 0.417 e. The summed E-state index contributed by atoms with van der Waals surface area (Å²) in [5, 5.41) is 11.3. The fourth-order valence-corrected chi connectivity index (χ4v) is 1.53. The van der Waals surface area contributed by atoms with E-state index in [1.54, 1.807) is 6.92 Å². The molecule has 0 aliphatic carbocycles. The van der Waals surface area contributed by atoms with E-state index in [4.69, 9.17) is 5.11 Å². The van der Waals surface area contributed by atoms with Crippen molar-refractivity contribution in [1.82, 2.24) is 9.88 Å². The number of hydrogen-bond donors (Lipinski definition) is 2. The fraction of sp³-hybridized carbons (Fsp3) is 0.500. The summed E-state index contributed by atoms with van der Waals surface area (Å²) in [6, 6.07) is 0.947. The average molecular weight is 292 g/mol. The first kappa shape index (κ1) is 16.2. The molecule has 0 radical (unpaired) electrons. The van der Waals surface area contributed by atoms with Crippen molar-refractivity contribution in [2.75, 3.05) is 6.61 Å². The van der Waals surface area contributed by atoms with Crippen molar-refractivity contribution in [2.45, 2.75) is 32.1 Å². The van der Waals surface area contributed by atoms with Crippen LogP contribution in [0, 0.1) is 0 Å². The van der Waals surface area contributed by atoms with Crippen LogP contribution in [-0.2, 0) is 17.5 Å². The lowest BCUT2D eigenvalue weighted by molar-refractivity contribution is -0.138. The molecule has 0 fully saturated rings. The summed E-state index contributed by atoms with van der Waals surface area (Å²) in [4.78, 5) is 23.0. The van der Waals surface area contributed by atoms with Crippen LogP contribution in [0.25, 0.3) is 0 Å². The fourth-order valence-electron chi connectivity index (χ4n) is 1.53. The highest BCUT2D eigenvalue weighted by atomic mass is 19.4. The van der Waals surface area contributed by atoms with Crippen LogP contribution in [0.4, 0.5) is 13.2 Å². The molecule has 0 saturated carbocycles. The van der Waals surface area contributed by atoms with E-state index in [1.165, 1.54) is 0 Å². The Morgan fingerprint density at radius 3 is 2.60 bits per heavy atom. The molecule has 0 aliphatic rings. The maximum Gasteiger partial charge on any atom is 0.417 e. The predicted molar refractivity (Wildman–Crippen MR) is 65.0 cm³/mol. The Balaban J connectivity index is 2.87. The zero-order valence-corrected chi connectivity index (χ0v) is 10.8. The van der Waals surface area contributed by atoms with Crippen LogP contribution in [0.15, 0.2) is 23.1 Å². The standard InChI is InChI=1S/C12H15F3N2O3/c1-2-9(7-18)16-10(19)6-17-5-8(12(13,14)15)3-4-11(17)20/h3-5,9,18H,2,6-7H2,1H3,(H,16,19). The summed E-state index contributed by atoms with van der Waals surface area (Å²) in [5.74, 6) is -0.632. The van der Waals surface area contributed by atoms with E-state index in [9.17, 15) is 22.8 Å². The molecule has 0 bridgehead atoms. The molecule has 1 unspecified atom stereocenters. The Morgan fingerprint density at radius 1 is 1.45 bits per heavy atom. The molecule has 1 rings (SSSR count). The first-order chi connectivity index (χ1) is 9.27. The van der Waals surface area contributed by atoms with E-state index in [1.807, 2.05) is 0 Å². The summed E-state index contributed by atoms with van der Waals surface area (Å²) < 4.78 is 38.2. The number of halogens is 3. The zero-order valence-electron chi connectivity index (χ0n) is 10.8. The molecule has 1 amide bonds. The molecule has 2 N–H and O–H groups in total. The molecule has 1 atom stereocenters. The quantitative estimate of drug-likeness (QED) is 0.841. The van der Waals surface area contributed by atoms with Gasteiger partial charge in [0.25, 0.3) is 5.56 Å². The van der Waals surface area contributed by atoms with Gasteiger partial charge in [0.15, 0.2) is 0 Å². The minimum Gasteiger partial charge on any atom is -0.394 e. The lowest BCUT2D eigenvalue weighted by Gasteiger charge is -2.15. The molecule has 5 nitrogen and oxygen atoms in total. The number of aliphatic hydroxyl groups is 1. The number of aromatic nitrogens is 1. The van der Waals surface area contributed by atoms with Gasteiger partial charge in [-0.25, -0.2) is 0 Å². The first-order valence-electron chi connectivity index (χ1n) is 5.95. The molecule has 1 aromatic heterocycles. The van der Waals surface area contributed by atoms with Crippen molar-refractivity contribution >= 4 is 5.91 Å². The SMILES string of the molecule is CCC(CO)NC(=O)Cn1cc(C(F)(F)F)ccc1=O. The minimum absolute atomic E-state index is 0.278. The van der Waals surface area contributed by atoms with E-state index >= 15 is 0 Å². The summed E-state index contributed by atoms with van der Waals surface area (Å²) in [7, 11) is 0. The van der Waals surface area contributed by atoms with Gasteiger partial charge in [0.1, 0.15) is 6.54 Å². The number of aliphatic hydroxyl groups excluding tert-OH is 1. The van der Waals surface area contributed by atoms with Crippen LogP contribution < -0.4 is 10.9 Å². The monoisotopic (exact) mass is 292 g/mol. The minimum atomic E-state index is -4.58. The predicted octanol–water partition coefficient (Wildman–Crippen LogP) is 0.754. The van der Waals surface area contributed by atoms with Crippen molar-refractivity contribution in [3.05, 3.63) is 34.2 Å². The van der Waals surface area contributed by atoms with E-state index in [-0.39, 0.29) is 6.61 Å². The molecule has 1 aromatic rings. The van der Waals surface area contributed by atoms with Crippen molar-refractivity contribution < 1.29 is 23.1 Å². The Bertz CT molecular complexity index is 521. The average Bonchev–Trinajstić information content (AvgIpc) is 2.37. The van der Waals surface area contributed by atoms with Gasteiger partial charge in [-0.05, 0) is 12.5 Å². The van der Waals surface area contributed by atoms with E-state index in [2.05, 4.69) is 5.32 Å². The number of nitrogens with one attached hydrogen (secondary N) is 1. The highest BCUT2D eigenvalue weighted by Gasteiger charge is 2.31. The normalized spacial score (nSPS) is 13.1. The molecular weight excluding hydrogens is 277 g/mol. The Morgan fingerprint density at radius 2 is 2.10 bits per heavy atom. The number of alkyl halides is 3. The highest BCUT2D eigenvalue weighted by molar-refractivity contribution is 5.76. The molecule has 0 saturated heterocycles. The van der Waals surface area contributed by atoms with Gasteiger partial charge >= 0.3 is 6.18 Å². The number of amides is 1. The molecule has 0 spiro atoms. The van der Waals surface area contributed by atoms with Gasteiger partial charge in [0.05, 0.1) is 18.2 Å². The number of carbonyl (C=O) groups is 1. The second kappa shape index (κ2) is 6.56. The third-order valence-corrected chi connectivity index (χ3v) is 2.70. The summed E-state index contributed by atoms with van der Waals surface area (Å²) in [6.45, 7) is 0.927. The van der Waals surface area contributed by atoms with Gasteiger partial charge in [-0.15, -0.1) is 0 Å². The number of rotatable bonds is 5. The lowest BCUT2D eigenvalue weighted by atomic mass is 10.2. The Kier molecular flexibility index (Phi) is 5.32. The van der Waals surface area contributed by atoms with Crippen molar-refractivity contribution in [3.8, 4) is 0 Å². The van der Waals surface area contributed by atoms with Crippen LogP contribution in [0.5, 0.6) is 0 Å². The number of carbonyl (C=O) groups excluding carboxylic acids is 1. The van der Waals surface area contributed by atoms with Gasteiger partial charge < -0.3 is 15.0 Å². The zero-order chi connectivity index (χ0) is 15.3. The van der Waals surface area contributed by atoms with Gasteiger partial charge in [0.2, 0.25) is 5.91 Å². The van der Waals surface area contributed by atoms with Crippen LogP contribution in [-0.4, -0.2) is 28.2 Å². The van der Waals surface area contributed by atoms with Crippen LogP contribution in [0.1, 0.15) is 18.9 Å². The van der Waals surface area contributed by atoms with Gasteiger partial charge in [-0.2, -0.15) is 13.2 Å². The second-order valence-corrected chi connectivity index (χ2v) is 4.24. The molecule has 1 heterocycles. The first-order valence-corrected chi connectivity index (χ1v) is 5.95.